The molecular formula is C14H12ClF3N2O2. The number of aryl methyl sites for hydroxylation is 1. The van der Waals surface area contributed by atoms with E-state index in [2.05, 4.69) is 10.2 Å². The van der Waals surface area contributed by atoms with Crippen LogP contribution < -0.4 is 4.74 Å². The second-order valence-corrected chi connectivity index (χ2v) is 4.85. The molecule has 4 nitrogen and oxygen atoms in total. The quantitative estimate of drug-likeness (QED) is 0.790. The maximum Gasteiger partial charge on any atom is 0.416 e. The molecule has 0 N–H and O–H groups in total. The van der Waals surface area contributed by atoms with Crippen LogP contribution in [0.3, 0.4) is 0 Å². The van der Waals surface area contributed by atoms with Crippen molar-refractivity contribution >= 4 is 11.6 Å². The lowest BCUT2D eigenvalue weighted by Gasteiger charge is -2.14. The molecule has 1 aromatic heterocycles. The summed E-state index contributed by atoms with van der Waals surface area (Å²) in [6.07, 6.45) is -4.47. The smallest absolute Gasteiger partial charge is 0.416 e. The molecule has 2 rings (SSSR count). The molecule has 8 heteroatoms. The number of hydrogen-bond donors (Lipinski definition) is 0. The van der Waals surface area contributed by atoms with E-state index in [1.54, 1.807) is 13.0 Å². The molecule has 2 aromatic rings. The summed E-state index contributed by atoms with van der Waals surface area (Å²) in [4.78, 5) is 0. The van der Waals surface area contributed by atoms with E-state index < -0.39 is 11.7 Å². The lowest BCUT2D eigenvalue weighted by Crippen LogP contribution is -2.07. The predicted molar refractivity (Wildman–Crippen MR) is 74.7 cm³/mol. The summed E-state index contributed by atoms with van der Waals surface area (Å²) in [5.41, 5.74) is 0.625. The maximum absolute atomic E-state index is 12.8. The van der Waals surface area contributed by atoms with Gasteiger partial charge >= 0.3 is 6.18 Å². The summed E-state index contributed by atoms with van der Waals surface area (Å²) < 4.78 is 48.5. The highest BCUT2D eigenvalue weighted by molar-refractivity contribution is 6.29. The number of alkyl halides is 3. The Morgan fingerprint density at radius 1 is 1.18 bits per heavy atom. The fourth-order valence-corrected chi connectivity index (χ4v) is 2.06. The third kappa shape index (κ3) is 3.66. The molecule has 0 saturated heterocycles. The van der Waals surface area contributed by atoms with Crippen LogP contribution in [0.25, 0.3) is 11.3 Å². The van der Waals surface area contributed by atoms with E-state index in [9.17, 15) is 13.2 Å². The topological polar surface area (TPSA) is 44.2 Å². The summed E-state index contributed by atoms with van der Waals surface area (Å²) in [5.74, 6) is 0.0106. The third-order valence-corrected chi connectivity index (χ3v) is 3.04. The molecule has 0 aliphatic rings. The first kappa shape index (κ1) is 16.5. The Morgan fingerprint density at radius 2 is 1.91 bits per heavy atom. The molecule has 22 heavy (non-hydrogen) atoms. The van der Waals surface area contributed by atoms with Gasteiger partial charge in [-0.25, -0.2) is 0 Å². The summed E-state index contributed by atoms with van der Waals surface area (Å²) in [7, 11) is 1.38. The van der Waals surface area contributed by atoms with Gasteiger partial charge in [0.1, 0.15) is 5.75 Å². The van der Waals surface area contributed by atoms with Crippen LogP contribution in [0, 0.1) is 6.92 Å². The Hall–Kier alpha value is -1.86. The molecule has 0 amide bonds. The lowest BCUT2D eigenvalue weighted by atomic mass is 10.0. The van der Waals surface area contributed by atoms with Crippen molar-refractivity contribution in [2.45, 2.75) is 13.1 Å². The minimum absolute atomic E-state index is 0.0106. The highest BCUT2D eigenvalue weighted by Crippen LogP contribution is 2.37. The van der Waals surface area contributed by atoms with Gasteiger partial charge in [0, 0.05) is 12.7 Å². The van der Waals surface area contributed by atoms with Gasteiger partial charge in [0.15, 0.2) is 11.9 Å². The van der Waals surface area contributed by atoms with Gasteiger partial charge in [0.25, 0.3) is 0 Å². The number of nitrogens with zero attached hydrogens (tertiary/aromatic N) is 2. The standard InChI is InChI=1S/C14H12ClF3N2O2/c1-8-5-12(15)19-20-13(8)10-4-3-9(14(16,17)18)6-11(10)22-7-21-2/h3-6H,7H2,1-2H3. The molecule has 0 atom stereocenters. The van der Waals surface area contributed by atoms with E-state index in [4.69, 9.17) is 21.1 Å². The molecule has 0 spiro atoms. The van der Waals surface area contributed by atoms with E-state index in [0.717, 1.165) is 12.1 Å². The Kier molecular flexibility index (Phi) is 4.87. The van der Waals surface area contributed by atoms with E-state index >= 15 is 0 Å². The van der Waals surface area contributed by atoms with Gasteiger partial charge < -0.3 is 9.47 Å². The first-order valence-corrected chi connectivity index (χ1v) is 6.54. The van der Waals surface area contributed by atoms with Crippen molar-refractivity contribution in [2.75, 3.05) is 13.9 Å². The average molecular weight is 333 g/mol. The molecular weight excluding hydrogens is 321 g/mol. The number of halogens is 4. The summed E-state index contributed by atoms with van der Waals surface area (Å²) >= 11 is 5.74. The summed E-state index contributed by atoms with van der Waals surface area (Å²) in [5, 5.41) is 7.84. The average Bonchev–Trinajstić information content (AvgIpc) is 2.44. The predicted octanol–water partition coefficient (Wildman–Crippen LogP) is 4.11. The molecule has 0 aliphatic carbocycles. The van der Waals surface area contributed by atoms with Gasteiger partial charge in [-0.2, -0.15) is 13.2 Å². The molecule has 0 unspecified atom stereocenters. The van der Waals surface area contributed by atoms with Crippen molar-refractivity contribution in [1.29, 1.82) is 0 Å². The second kappa shape index (κ2) is 6.50. The van der Waals surface area contributed by atoms with Crippen LogP contribution in [0.1, 0.15) is 11.1 Å². The fourth-order valence-electron chi connectivity index (χ4n) is 1.85. The van der Waals surface area contributed by atoms with Gasteiger partial charge in [-0.1, -0.05) is 11.6 Å². The van der Waals surface area contributed by atoms with Crippen LogP contribution in [-0.2, 0) is 10.9 Å². The summed E-state index contributed by atoms with van der Waals surface area (Å²) in [6, 6.07) is 4.73. The first-order chi connectivity index (χ1) is 10.3. The largest absolute Gasteiger partial charge is 0.467 e. The number of hydrogen-bond acceptors (Lipinski definition) is 4. The van der Waals surface area contributed by atoms with Gasteiger partial charge in [-0.3, -0.25) is 0 Å². The third-order valence-electron chi connectivity index (χ3n) is 2.85. The second-order valence-electron chi connectivity index (χ2n) is 4.46. The van der Waals surface area contributed by atoms with Crippen LogP contribution in [0.2, 0.25) is 5.15 Å². The van der Waals surface area contributed by atoms with E-state index in [-0.39, 0.29) is 17.7 Å². The fraction of sp³-hybridized carbons (Fsp3) is 0.286. The van der Waals surface area contributed by atoms with Gasteiger partial charge in [0.05, 0.1) is 11.3 Å². The number of benzene rings is 1. The van der Waals surface area contributed by atoms with Crippen molar-refractivity contribution in [3.8, 4) is 17.0 Å². The van der Waals surface area contributed by atoms with E-state index in [1.807, 2.05) is 0 Å². The zero-order valence-corrected chi connectivity index (χ0v) is 12.5. The Labute approximate surface area is 129 Å². The number of aromatic nitrogens is 2. The Morgan fingerprint density at radius 3 is 2.50 bits per heavy atom. The van der Waals surface area contributed by atoms with Crippen LogP contribution in [0.4, 0.5) is 13.2 Å². The lowest BCUT2D eigenvalue weighted by molar-refractivity contribution is -0.137. The van der Waals surface area contributed by atoms with E-state index in [0.29, 0.717) is 16.8 Å². The monoisotopic (exact) mass is 332 g/mol. The normalized spacial score (nSPS) is 11.5. The van der Waals surface area contributed by atoms with Crippen LogP contribution in [0.15, 0.2) is 24.3 Å². The van der Waals surface area contributed by atoms with Crippen molar-refractivity contribution in [3.05, 3.63) is 40.5 Å². The molecule has 0 radical (unpaired) electrons. The Balaban J connectivity index is 2.54. The molecule has 1 aromatic carbocycles. The summed E-state index contributed by atoms with van der Waals surface area (Å²) in [6.45, 7) is 1.54. The molecule has 0 aliphatic heterocycles. The molecule has 0 fully saturated rings. The van der Waals surface area contributed by atoms with Crippen molar-refractivity contribution < 1.29 is 22.6 Å². The number of rotatable bonds is 4. The van der Waals surface area contributed by atoms with Crippen LogP contribution in [0.5, 0.6) is 5.75 Å². The highest BCUT2D eigenvalue weighted by Gasteiger charge is 2.31. The molecule has 0 saturated carbocycles. The zero-order valence-electron chi connectivity index (χ0n) is 11.7. The molecule has 118 valence electrons. The minimum Gasteiger partial charge on any atom is -0.467 e. The highest BCUT2D eigenvalue weighted by atomic mass is 35.5. The SMILES string of the molecule is COCOc1cc(C(F)(F)F)ccc1-c1nnc(Cl)cc1C. The van der Waals surface area contributed by atoms with Gasteiger partial charge in [-0.05, 0) is 36.8 Å². The molecule has 0 bridgehead atoms. The van der Waals surface area contributed by atoms with Crippen molar-refractivity contribution in [3.63, 3.8) is 0 Å². The molecule has 1 heterocycles. The number of ether oxygens (including phenoxy) is 2. The minimum atomic E-state index is -4.47. The van der Waals surface area contributed by atoms with Crippen molar-refractivity contribution in [2.24, 2.45) is 0 Å². The van der Waals surface area contributed by atoms with Crippen LogP contribution >= 0.6 is 11.6 Å². The zero-order chi connectivity index (χ0) is 16.3. The van der Waals surface area contributed by atoms with E-state index in [1.165, 1.54) is 13.2 Å². The maximum atomic E-state index is 12.8. The van der Waals surface area contributed by atoms with Gasteiger partial charge in [0.2, 0.25) is 0 Å². The number of methoxy groups -OCH3 is 1. The first-order valence-electron chi connectivity index (χ1n) is 6.16. The van der Waals surface area contributed by atoms with Crippen molar-refractivity contribution in [1.82, 2.24) is 10.2 Å². The Bertz CT molecular complexity index is 678. The van der Waals surface area contributed by atoms with Gasteiger partial charge in [-0.15, -0.1) is 10.2 Å². The van der Waals surface area contributed by atoms with Crippen LogP contribution in [-0.4, -0.2) is 24.1 Å².